The summed E-state index contributed by atoms with van der Waals surface area (Å²) in [6.45, 7) is 5.95. The molecular formula is C19H20FN5O3. The van der Waals surface area contributed by atoms with Crippen LogP contribution in [-0.4, -0.2) is 39.0 Å². The van der Waals surface area contributed by atoms with Gasteiger partial charge in [-0.3, -0.25) is 0 Å². The van der Waals surface area contributed by atoms with Crippen molar-refractivity contribution in [3.63, 3.8) is 0 Å². The fourth-order valence-corrected chi connectivity index (χ4v) is 3.10. The van der Waals surface area contributed by atoms with Crippen molar-refractivity contribution in [1.82, 2.24) is 14.6 Å². The molecule has 4 rings (SSSR count). The Balaban J connectivity index is 1.66. The van der Waals surface area contributed by atoms with Crippen LogP contribution in [0.25, 0.3) is 11.4 Å². The molecule has 0 bridgehead atoms. The van der Waals surface area contributed by atoms with Gasteiger partial charge in [-0.15, -0.1) is 0 Å². The van der Waals surface area contributed by atoms with Crippen molar-refractivity contribution in [3.8, 4) is 11.5 Å². The average Bonchev–Trinajstić information content (AvgIpc) is 3.10. The predicted octanol–water partition coefficient (Wildman–Crippen LogP) is 2.67. The number of ether oxygens (including phenoxy) is 2. The molecular weight excluding hydrogens is 365 g/mol. The summed E-state index contributed by atoms with van der Waals surface area (Å²) in [6.07, 6.45) is 2.90. The average molecular weight is 385 g/mol. The monoisotopic (exact) mass is 385 g/mol. The molecule has 0 saturated carbocycles. The summed E-state index contributed by atoms with van der Waals surface area (Å²) in [6, 6.07) is 4.08. The number of anilines is 1. The second-order valence-corrected chi connectivity index (χ2v) is 6.56. The minimum atomic E-state index is -0.421. The molecule has 0 fully saturated rings. The van der Waals surface area contributed by atoms with Crippen LogP contribution < -0.4 is 20.5 Å². The number of rotatable bonds is 5. The highest BCUT2D eigenvalue weighted by Crippen LogP contribution is 2.40. The van der Waals surface area contributed by atoms with Crippen molar-refractivity contribution < 1.29 is 19.0 Å². The number of aromatic nitrogens is 3. The molecule has 0 spiro atoms. The molecule has 1 aliphatic rings. The van der Waals surface area contributed by atoms with E-state index in [1.807, 2.05) is 6.92 Å². The van der Waals surface area contributed by atoms with Gasteiger partial charge >= 0.3 is 0 Å². The summed E-state index contributed by atoms with van der Waals surface area (Å²) < 4.78 is 27.1. The second kappa shape index (κ2) is 7.01. The number of benzene rings is 1. The van der Waals surface area contributed by atoms with Gasteiger partial charge in [0.25, 0.3) is 0 Å². The van der Waals surface area contributed by atoms with E-state index in [0.717, 1.165) is 0 Å². The van der Waals surface area contributed by atoms with Gasteiger partial charge in [0.1, 0.15) is 30.1 Å². The number of nitrogens with zero attached hydrogens (tertiary/aromatic N) is 3. The SMILES string of the molecule is C=C(O)c1cnn2ccc(N[C@H](C)c3cc(F)cc4c3O[C@H](CN)CO4)nc12. The van der Waals surface area contributed by atoms with Gasteiger partial charge in [0.05, 0.1) is 17.8 Å². The van der Waals surface area contributed by atoms with E-state index < -0.39 is 5.82 Å². The van der Waals surface area contributed by atoms with Crippen molar-refractivity contribution in [1.29, 1.82) is 0 Å². The summed E-state index contributed by atoms with van der Waals surface area (Å²) in [5.74, 6) is 0.804. The molecule has 0 aliphatic carbocycles. The highest BCUT2D eigenvalue weighted by Gasteiger charge is 2.26. The molecule has 0 amide bonds. The number of nitrogens with one attached hydrogen (secondary N) is 1. The van der Waals surface area contributed by atoms with Crippen LogP contribution in [-0.2, 0) is 0 Å². The summed E-state index contributed by atoms with van der Waals surface area (Å²) in [7, 11) is 0. The van der Waals surface area contributed by atoms with E-state index in [1.165, 1.54) is 22.8 Å². The quantitative estimate of drug-likeness (QED) is 0.580. The first-order valence-electron chi connectivity index (χ1n) is 8.78. The van der Waals surface area contributed by atoms with E-state index in [-0.39, 0.29) is 24.5 Å². The fourth-order valence-electron chi connectivity index (χ4n) is 3.10. The first kappa shape index (κ1) is 18.1. The zero-order chi connectivity index (χ0) is 19.8. The largest absolute Gasteiger partial charge is 0.508 e. The van der Waals surface area contributed by atoms with Gasteiger partial charge in [0, 0.05) is 24.4 Å². The summed E-state index contributed by atoms with van der Waals surface area (Å²) in [5.41, 5.74) is 7.16. The lowest BCUT2D eigenvalue weighted by Crippen LogP contribution is -2.36. The molecule has 2 atom stereocenters. The Morgan fingerprint density at radius 2 is 2.36 bits per heavy atom. The maximum Gasteiger partial charge on any atom is 0.168 e. The van der Waals surface area contributed by atoms with E-state index in [4.69, 9.17) is 15.2 Å². The number of hydrogen-bond donors (Lipinski definition) is 3. The van der Waals surface area contributed by atoms with Crippen LogP contribution in [0, 0.1) is 5.82 Å². The molecule has 9 heteroatoms. The third-order valence-corrected chi connectivity index (χ3v) is 4.53. The molecule has 0 unspecified atom stereocenters. The van der Waals surface area contributed by atoms with E-state index in [0.29, 0.717) is 40.6 Å². The number of aliphatic hydroxyl groups is 1. The molecule has 3 aromatic rings. The lowest BCUT2D eigenvalue weighted by atomic mass is 10.1. The van der Waals surface area contributed by atoms with Crippen molar-refractivity contribution in [3.05, 3.63) is 54.1 Å². The number of aliphatic hydroxyl groups excluding tert-OH is 1. The van der Waals surface area contributed by atoms with E-state index in [2.05, 4.69) is 22.0 Å². The van der Waals surface area contributed by atoms with Gasteiger partial charge in [0.2, 0.25) is 0 Å². The van der Waals surface area contributed by atoms with Crippen LogP contribution in [0.3, 0.4) is 0 Å². The Labute approximate surface area is 160 Å². The Morgan fingerprint density at radius 3 is 3.11 bits per heavy atom. The van der Waals surface area contributed by atoms with Crippen molar-refractivity contribution >= 4 is 17.2 Å². The third kappa shape index (κ3) is 3.20. The van der Waals surface area contributed by atoms with E-state index in [1.54, 1.807) is 12.3 Å². The zero-order valence-electron chi connectivity index (χ0n) is 15.2. The maximum absolute atomic E-state index is 14.1. The lowest BCUT2D eigenvalue weighted by Gasteiger charge is -2.29. The van der Waals surface area contributed by atoms with Crippen molar-refractivity contribution in [2.75, 3.05) is 18.5 Å². The van der Waals surface area contributed by atoms with Crippen LogP contribution in [0.4, 0.5) is 10.2 Å². The highest BCUT2D eigenvalue weighted by atomic mass is 19.1. The first-order valence-corrected chi connectivity index (χ1v) is 8.78. The Bertz CT molecular complexity index is 1050. The molecule has 0 saturated heterocycles. The fraction of sp³-hybridized carbons (Fsp3) is 0.263. The Hall–Kier alpha value is -3.33. The van der Waals surface area contributed by atoms with Crippen LogP contribution in [0.15, 0.2) is 37.2 Å². The highest BCUT2D eigenvalue weighted by molar-refractivity contribution is 5.70. The molecule has 4 N–H and O–H groups in total. The summed E-state index contributed by atoms with van der Waals surface area (Å²) in [5, 5.41) is 17.0. The molecule has 146 valence electrons. The lowest BCUT2D eigenvalue weighted by molar-refractivity contribution is 0.0947. The van der Waals surface area contributed by atoms with Crippen LogP contribution in [0.5, 0.6) is 11.5 Å². The van der Waals surface area contributed by atoms with E-state index >= 15 is 0 Å². The normalized spacial score (nSPS) is 16.8. The van der Waals surface area contributed by atoms with Gasteiger partial charge in [-0.2, -0.15) is 5.10 Å². The molecule has 28 heavy (non-hydrogen) atoms. The van der Waals surface area contributed by atoms with E-state index in [9.17, 15) is 9.50 Å². The molecule has 3 heterocycles. The topological polar surface area (TPSA) is 107 Å². The predicted molar refractivity (Wildman–Crippen MR) is 102 cm³/mol. The maximum atomic E-state index is 14.1. The number of halogens is 1. The Morgan fingerprint density at radius 1 is 1.54 bits per heavy atom. The van der Waals surface area contributed by atoms with Crippen LogP contribution in [0.1, 0.15) is 24.1 Å². The molecule has 0 radical (unpaired) electrons. The van der Waals surface area contributed by atoms with Crippen molar-refractivity contribution in [2.45, 2.75) is 19.1 Å². The summed E-state index contributed by atoms with van der Waals surface area (Å²) in [4.78, 5) is 4.47. The van der Waals surface area contributed by atoms with Gasteiger partial charge in [0.15, 0.2) is 17.1 Å². The molecule has 1 aliphatic heterocycles. The number of fused-ring (bicyclic) bond motifs is 2. The molecule has 2 aromatic heterocycles. The number of nitrogens with two attached hydrogens (primary N) is 1. The van der Waals surface area contributed by atoms with Crippen LogP contribution in [0.2, 0.25) is 0 Å². The molecule has 8 nitrogen and oxygen atoms in total. The minimum Gasteiger partial charge on any atom is -0.508 e. The summed E-state index contributed by atoms with van der Waals surface area (Å²) >= 11 is 0. The second-order valence-electron chi connectivity index (χ2n) is 6.56. The Kier molecular flexibility index (Phi) is 4.52. The van der Waals surface area contributed by atoms with Crippen molar-refractivity contribution in [2.24, 2.45) is 5.73 Å². The van der Waals surface area contributed by atoms with Gasteiger partial charge in [-0.1, -0.05) is 6.58 Å². The van der Waals surface area contributed by atoms with Gasteiger partial charge in [-0.05, 0) is 19.1 Å². The standard InChI is InChI=1S/C19H20FN5O3/c1-10(14-5-12(20)6-16-18(14)28-13(7-21)9-27-16)23-17-3-4-25-19(24-17)15(8-22-25)11(2)26/h3-6,8,10,13,26H,2,7,9,21H2,1H3,(H,23,24)/t10-,13-/m1/s1. The number of hydrogen-bond acceptors (Lipinski definition) is 7. The zero-order valence-corrected chi connectivity index (χ0v) is 15.2. The third-order valence-electron chi connectivity index (χ3n) is 4.53. The smallest absolute Gasteiger partial charge is 0.168 e. The minimum absolute atomic E-state index is 0.120. The van der Waals surface area contributed by atoms with Crippen LogP contribution >= 0.6 is 0 Å². The van der Waals surface area contributed by atoms with Gasteiger partial charge < -0.3 is 25.6 Å². The first-order chi connectivity index (χ1) is 13.5. The molecule has 1 aromatic carbocycles. The van der Waals surface area contributed by atoms with Gasteiger partial charge in [-0.25, -0.2) is 13.9 Å².